The van der Waals surface area contributed by atoms with E-state index in [1.165, 1.54) is 0 Å². The number of halogens is 2. The number of carbonyl (C=O) groups is 1. The van der Waals surface area contributed by atoms with E-state index in [2.05, 4.69) is 50.8 Å². The number of rotatable bonds is 4. The topological polar surface area (TPSA) is 29.1 Å². The van der Waals surface area contributed by atoms with Gasteiger partial charge in [0.2, 0.25) is 0 Å². The van der Waals surface area contributed by atoms with Gasteiger partial charge in [-0.15, -0.1) is 0 Å². The number of amides is 1. The van der Waals surface area contributed by atoms with Crippen molar-refractivity contribution in [3.8, 4) is 0 Å². The molecular formula is C16H15BrINO. The predicted molar refractivity (Wildman–Crippen MR) is 93.8 cm³/mol. The van der Waals surface area contributed by atoms with Crippen LogP contribution in [0.2, 0.25) is 0 Å². The average molecular weight is 444 g/mol. The highest BCUT2D eigenvalue weighted by Gasteiger charge is 2.14. The summed E-state index contributed by atoms with van der Waals surface area (Å²) in [6.07, 6.45) is 0.858. The zero-order valence-corrected chi connectivity index (χ0v) is 14.8. The molecule has 1 amide bonds. The van der Waals surface area contributed by atoms with E-state index in [9.17, 15) is 4.79 Å². The molecule has 104 valence electrons. The molecule has 1 unspecified atom stereocenters. The fourth-order valence-electron chi connectivity index (χ4n) is 1.99. The normalized spacial score (nSPS) is 11.9. The van der Waals surface area contributed by atoms with Crippen LogP contribution in [0.15, 0.2) is 53.0 Å². The maximum Gasteiger partial charge on any atom is 0.251 e. The summed E-state index contributed by atoms with van der Waals surface area (Å²) in [6.45, 7) is 2.07. The molecule has 4 heteroatoms. The number of benzene rings is 2. The summed E-state index contributed by atoms with van der Waals surface area (Å²) in [6, 6.07) is 15.7. The molecule has 0 aromatic heterocycles. The van der Waals surface area contributed by atoms with E-state index in [4.69, 9.17) is 0 Å². The van der Waals surface area contributed by atoms with Crippen molar-refractivity contribution in [1.82, 2.24) is 5.32 Å². The molecule has 2 aromatic carbocycles. The molecule has 0 bridgehead atoms. The molecular weight excluding hydrogens is 429 g/mol. The molecule has 0 saturated heterocycles. The molecule has 1 N–H and O–H groups in total. The summed E-state index contributed by atoms with van der Waals surface area (Å²) >= 11 is 5.64. The quantitative estimate of drug-likeness (QED) is 0.666. The fraction of sp³-hybridized carbons (Fsp3) is 0.188. The Hall–Kier alpha value is -0.880. The van der Waals surface area contributed by atoms with Gasteiger partial charge in [0.25, 0.3) is 5.91 Å². The van der Waals surface area contributed by atoms with Crippen LogP contribution < -0.4 is 5.32 Å². The third-order valence-electron chi connectivity index (χ3n) is 3.07. The van der Waals surface area contributed by atoms with Crippen LogP contribution in [0.4, 0.5) is 0 Å². The lowest BCUT2D eigenvalue weighted by atomic mass is 10.0. The second-order valence-corrected chi connectivity index (χ2v) is 6.66. The van der Waals surface area contributed by atoms with Gasteiger partial charge in [0.15, 0.2) is 0 Å². The van der Waals surface area contributed by atoms with Crippen molar-refractivity contribution in [1.29, 1.82) is 0 Å². The summed E-state index contributed by atoms with van der Waals surface area (Å²) in [4.78, 5) is 12.3. The Labute approximate surface area is 141 Å². The fourth-order valence-corrected chi connectivity index (χ4v) is 2.79. The number of carbonyl (C=O) groups excluding carboxylic acids is 1. The van der Waals surface area contributed by atoms with Crippen LogP contribution >= 0.6 is 38.5 Å². The largest absolute Gasteiger partial charge is 0.345 e. The number of hydrogen-bond acceptors (Lipinski definition) is 1. The summed E-state index contributed by atoms with van der Waals surface area (Å²) in [7, 11) is 0. The first-order valence-electron chi connectivity index (χ1n) is 6.42. The highest BCUT2D eigenvalue weighted by atomic mass is 127. The van der Waals surface area contributed by atoms with Crippen LogP contribution in [0.25, 0.3) is 0 Å². The van der Waals surface area contributed by atoms with Gasteiger partial charge in [0, 0.05) is 13.6 Å². The second-order valence-electron chi connectivity index (χ2n) is 4.50. The van der Waals surface area contributed by atoms with E-state index in [1.807, 2.05) is 48.5 Å². The van der Waals surface area contributed by atoms with Crippen molar-refractivity contribution in [3.63, 3.8) is 0 Å². The minimum Gasteiger partial charge on any atom is -0.345 e. The molecule has 2 aromatic rings. The van der Waals surface area contributed by atoms with E-state index in [0.29, 0.717) is 5.56 Å². The molecule has 0 saturated carbocycles. The van der Waals surface area contributed by atoms with E-state index < -0.39 is 0 Å². The van der Waals surface area contributed by atoms with Crippen molar-refractivity contribution in [2.24, 2.45) is 0 Å². The Morgan fingerprint density at radius 2 is 1.95 bits per heavy atom. The molecule has 0 aliphatic heterocycles. The monoisotopic (exact) mass is 443 g/mol. The molecule has 0 radical (unpaired) electrons. The number of hydrogen-bond donors (Lipinski definition) is 1. The summed E-state index contributed by atoms with van der Waals surface area (Å²) in [5, 5.41) is 3.09. The van der Waals surface area contributed by atoms with Gasteiger partial charge in [-0.2, -0.15) is 0 Å². The smallest absolute Gasteiger partial charge is 0.251 e. The first-order valence-corrected chi connectivity index (χ1v) is 8.29. The highest BCUT2D eigenvalue weighted by molar-refractivity contribution is 14.1. The molecule has 2 nitrogen and oxygen atoms in total. The Bertz CT molecular complexity index is 598. The van der Waals surface area contributed by atoms with Gasteiger partial charge in [-0.25, -0.2) is 0 Å². The number of nitrogens with one attached hydrogen (secondary N) is 1. The lowest BCUT2D eigenvalue weighted by molar-refractivity contribution is 0.0935. The summed E-state index contributed by atoms with van der Waals surface area (Å²) in [5.74, 6) is -0.0294. The Balaban J connectivity index is 2.14. The van der Waals surface area contributed by atoms with Gasteiger partial charge in [0.05, 0.1) is 6.04 Å². The van der Waals surface area contributed by atoms with Crippen LogP contribution in [-0.4, -0.2) is 5.91 Å². The Kier molecular flexibility index (Phi) is 5.60. The first kappa shape index (κ1) is 15.5. The van der Waals surface area contributed by atoms with E-state index in [-0.39, 0.29) is 11.9 Å². The van der Waals surface area contributed by atoms with Gasteiger partial charge in [0.1, 0.15) is 0 Å². The predicted octanol–water partition coefficient (Wildman–Crippen LogP) is 4.93. The maximum atomic E-state index is 12.3. The zero-order valence-electron chi connectivity index (χ0n) is 11.1. The minimum absolute atomic E-state index is 0.0294. The summed E-state index contributed by atoms with van der Waals surface area (Å²) < 4.78 is 2.10. The zero-order chi connectivity index (χ0) is 14.5. The van der Waals surface area contributed by atoms with Crippen LogP contribution in [0, 0.1) is 3.57 Å². The Morgan fingerprint density at radius 1 is 1.25 bits per heavy atom. The maximum absolute atomic E-state index is 12.3. The van der Waals surface area contributed by atoms with Crippen LogP contribution in [-0.2, 0) is 0 Å². The van der Waals surface area contributed by atoms with E-state index in [0.717, 1.165) is 20.0 Å². The Morgan fingerprint density at radius 3 is 2.55 bits per heavy atom. The van der Waals surface area contributed by atoms with Crippen molar-refractivity contribution < 1.29 is 4.79 Å². The molecule has 2 rings (SSSR count). The van der Waals surface area contributed by atoms with Crippen molar-refractivity contribution in [2.75, 3.05) is 0 Å². The van der Waals surface area contributed by atoms with Crippen molar-refractivity contribution in [2.45, 2.75) is 19.4 Å². The standard InChI is InChI=1S/C16H15BrINO/c1-2-15(11-6-8-13(17)9-7-11)19-16(20)12-4-3-5-14(18)10-12/h3-10,15H,2H2,1H3,(H,19,20). The second kappa shape index (κ2) is 7.22. The summed E-state index contributed by atoms with van der Waals surface area (Å²) in [5.41, 5.74) is 1.82. The molecule has 0 aliphatic rings. The van der Waals surface area contributed by atoms with Gasteiger partial charge < -0.3 is 5.32 Å². The van der Waals surface area contributed by atoms with E-state index >= 15 is 0 Å². The SMILES string of the molecule is CCC(NC(=O)c1cccc(I)c1)c1ccc(Br)cc1. The van der Waals surface area contributed by atoms with Crippen LogP contribution in [0.5, 0.6) is 0 Å². The molecule has 0 heterocycles. The van der Waals surface area contributed by atoms with Gasteiger partial charge >= 0.3 is 0 Å². The lowest BCUT2D eigenvalue weighted by Crippen LogP contribution is -2.28. The van der Waals surface area contributed by atoms with Gasteiger partial charge in [-0.1, -0.05) is 41.1 Å². The molecule has 0 spiro atoms. The highest BCUT2D eigenvalue weighted by Crippen LogP contribution is 2.20. The third kappa shape index (κ3) is 4.06. The molecule has 0 fully saturated rings. The van der Waals surface area contributed by atoms with Crippen LogP contribution in [0.1, 0.15) is 35.3 Å². The molecule has 1 atom stereocenters. The molecule has 20 heavy (non-hydrogen) atoms. The van der Waals surface area contributed by atoms with Crippen LogP contribution in [0.3, 0.4) is 0 Å². The van der Waals surface area contributed by atoms with Crippen molar-refractivity contribution >= 4 is 44.4 Å². The third-order valence-corrected chi connectivity index (χ3v) is 4.27. The average Bonchev–Trinajstić information content (AvgIpc) is 2.45. The molecule has 0 aliphatic carbocycles. The van der Waals surface area contributed by atoms with E-state index in [1.54, 1.807) is 0 Å². The minimum atomic E-state index is -0.0294. The first-order chi connectivity index (χ1) is 9.60. The van der Waals surface area contributed by atoms with Gasteiger partial charge in [-0.3, -0.25) is 4.79 Å². The van der Waals surface area contributed by atoms with Crippen molar-refractivity contribution in [3.05, 3.63) is 67.7 Å². The lowest BCUT2D eigenvalue weighted by Gasteiger charge is -2.17. The van der Waals surface area contributed by atoms with Gasteiger partial charge in [-0.05, 0) is 64.9 Å².